The number of nitrogens with one attached hydrogen (secondary N) is 2. The van der Waals surface area contributed by atoms with Crippen molar-refractivity contribution in [3.63, 3.8) is 0 Å². The normalized spacial score (nSPS) is 13.5. The number of hydrogen-bond acceptors (Lipinski definition) is 4. The summed E-state index contributed by atoms with van der Waals surface area (Å²) in [5, 5.41) is 0.938. The molecule has 0 saturated heterocycles. The third kappa shape index (κ3) is 3.65. The number of ketones is 1. The second-order valence-corrected chi connectivity index (χ2v) is 8.09. The van der Waals surface area contributed by atoms with Gasteiger partial charge in [0.1, 0.15) is 11.5 Å². The number of H-pyrrole nitrogens is 2. The number of benzene rings is 1. The van der Waals surface area contributed by atoms with Gasteiger partial charge in [0, 0.05) is 29.2 Å². The zero-order valence-corrected chi connectivity index (χ0v) is 17.7. The molecule has 0 atom stereocenters. The number of aromatic amines is 2. The average molecular weight is 427 g/mol. The summed E-state index contributed by atoms with van der Waals surface area (Å²) in [6.07, 6.45) is 2.82. The van der Waals surface area contributed by atoms with Crippen LogP contribution in [0, 0.1) is 6.92 Å². The van der Waals surface area contributed by atoms with E-state index in [9.17, 15) is 14.4 Å². The van der Waals surface area contributed by atoms with Crippen molar-refractivity contribution in [2.24, 2.45) is 0 Å². The summed E-state index contributed by atoms with van der Waals surface area (Å²) in [5.74, 6) is 0.274. The number of rotatable bonds is 5. The van der Waals surface area contributed by atoms with Crippen molar-refractivity contribution in [1.82, 2.24) is 19.9 Å². The van der Waals surface area contributed by atoms with Crippen molar-refractivity contribution in [3.05, 3.63) is 61.9 Å². The molecule has 4 rings (SSSR count). The lowest BCUT2D eigenvalue weighted by atomic mass is 9.94. The summed E-state index contributed by atoms with van der Waals surface area (Å²) in [7, 11) is 0. The molecule has 3 aromatic rings. The number of Topliss-reactive ketones (excluding diaryl/α,β-unsaturated/α-hetero) is 1. The van der Waals surface area contributed by atoms with Crippen molar-refractivity contribution in [2.45, 2.75) is 46.1 Å². The van der Waals surface area contributed by atoms with Gasteiger partial charge in [0.2, 0.25) is 0 Å². The van der Waals surface area contributed by atoms with E-state index in [-0.39, 0.29) is 23.8 Å². The van der Waals surface area contributed by atoms with Gasteiger partial charge in [0.25, 0.3) is 11.5 Å². The number of halogens is 1. The molecule has 2 heterocycles. The molecule has 30 heavy (non-hydrogen) atoms. The van der Waals surface area contributed by atoms with Gasteiger partial charge in [-0.05, 0) is 49.9 Å². The molecular formula is C22H23ClN4O3. The van der Waals surface area contributed by atoms with Crippen LogP contribution in [0.15, 0.2) is 23.0 Å². The van der Waals surface area contributed by atoms with Crippen LogP contribution in [0.5, 0.6) is 0 Å². The predicted octanol–water partition coefficient (Wildman–Crippen LogP) is 3.78. The molecule has 1 aliphatic carbocycles. The number of carbonyl (C=O) groups excluding carboxylic acids is 2. The monoisotopic (exact) mass is 426 g/mol. The van der Waals surface area contributed by atoms with E-state index in [1.807, 2.05) is 13.8 Å². The number of aryl methyl sites for hydroxylation is 1. The Labute approximate surface area is 178 Å². The molecule has 8 heteroatoms. The van der Waals surface area contributed by atoms with Crippen molar-refractivity contribution in [3.8, 4) is 0 Å². The maximum absolute atomic E-state index is 13.3. The second kappa shape index (κ2) is 8.07. The number of nitrogens with zero attached hydrogens (tertiary/aromatic N) is 2. The van der Waals surface area contributed by atoms with Crippen LogP contribution in [-0.2, 0) is 13.0 Å². The van der Waals surface area contributed by atoms with Crippen LogP contribution in [-0.4, -0.2) is 38.1 Å². The van der Waals surface area contributed by atoms with E-state index >= 15 is 0 Å². The van der Waals surface area contributed by atoms with E-state index < -0.39 is 0 Å². The van der Waals surface area contributed by atoms with Gasteiger partial charge in [-0.3, -0.25) is 14.4 Å². The van der Waals surface area contributed by atoms with Gasteiger partial charge < -0.3 is 14.9 Å². The van der Waals surface area contributed by atoms with Crippen molar-refractivity contribution in [1.29, 1.82) is 0 Å². The first-order valence-corrected chi connectivity index (χ1v) is 10.5. The first kappa shape index (κ1) is 20.3. The molecule has 7 nitrogen and oxygen atoms in total. The lowest BCUT2D eigenvalue weighted by molar-refractivity contribution is 0.0732. The summed E-state index contributed by atoms with van der Waals surface area (Å²) < 4.78 is 0. The van der Waals surface area contributed by atoms with Gasteiger partial charge in [-0.25, -0.2) is 4.98 Å². The highest BCUT2D eigenvalue weighted by Crippen LogP contribution is 2.27. The Hall–Kier alpha value is -2.93. The highest BCUT2D eigenvalue weighted by Gasteiger charge is 2.28. The van der Waals surface area contributed by atoms with Crippen LogP contribution in [0.1, 0.15) is 64.1 Å². The van der Waals surface area contributed by atoms with Crippen LogP contribution < -0.4 is 5.56 Å². The molecule has 0 unspecified atom stereocenters. The Morgan fingerprint density at radius 2 is 2.03 bits per heavy atom. The molecule has 1 aromatic carbocycles. The lowest BCUT2D eigenvalue weighted by Gasteiger charge is -2.21. The zero-order valence-electron chi connectivity index (χ0n) is 17.0. The van der Waals surface area contributed by atoms with Crippen molar-refractivity contribution in [2.75, 3.05) is 6.54 Å². The minimum Gasteiger partial charge on any atom is -0.354 e. The lowest BCUT2D eigenvalue weighted by Crippen LogP contribution is -2.33. The summed E-state index contributed by atoms with van der Waals surface area (Å²) in [6, 6.07) is 4.91. The standard InChI is InChI=1S/C22H23ClN4O3/c1-3-9-27(11-18-24-16-10-13(23)7-8-14(16)21(29)26-18)22(30)20-12(2)19-15(25-20)5-4-6-17(19)28/h7-8,10,25H,3-6,9,11H2,1-2H3,(H,24,26,29). The van der Waals surface area contributed by atoms with Gasteiger partial charge in [-0.1, -0.05) is 18.5 Å². The minimum absolute atomic E-state index is 0.0866. The van der Waals surface area contributed by atoms with Gasteiger partial charge in [-0.2, -0.15) is 0 Å². The fourth-order valence-corrected chi connectivity index (χ4v) is 4.25. The van der Waals surface area contributed by atoms with E-state index in [4.69, 9.17) is 11.6 Å². The predicted molar refractivity (Wildman–Crippen MR) is 115 cm³/mol. The van der Waals surface area contributed by atoms with Crippen molar-refractivity contribution < 1.29 is 9.59 Å². The molecule has 0 bridgehead atoms. The molecule has 0 spiro atoms. The average Bonchev–Trinajstić information content (AvgIpc) is 3.04. The highest BCUT2D eigenvalue weighted by atomic mass is 35.5. The van der Waals surface area contributed by atoms with E-state index in [0.29, 0.717) is 51.5 Å². The van der Waals surface area contributed by atoms with Gasteiger partial charge in [0.05, 0.1) is 17.4 Å². The quantitative estimate of drug-likeness (QED) is 0.648. The number of fused-ring (bicyclic) bond motifs is 2. The van der Waals surface area contributed by atoms with E-state index in [2.05, 4.69) is 15.0 Å². The summed E-state index contributed by atoms with van der Waals surface area (Å²) in [5.41, 5.74) is 2.86. The highest BCUT2D eigenvalue weighted by molar-refractivity contribution is 6.31. The molecular weight excluding hydrogens is 404 g/mol. The molecule has 0 fully saturated rings. The van der Waals surface area contributed by atoms with Gasteiger partial charge >= 0.3 is 0 Å². The van der Waals surface area contributed by atoms with E-state index in [1.165, 1.54) is 0 Å². The molecule has 0 aliphatic heterocycles. The Balaban J connectivity index is 1.68. The Bertz CT molecular complexity index is 1210. The smallest absolute Gasteiger partial charge is 0.270 e. The maximum Gasteiger partial charge on any atom is 0.270 e. The van der Waals surface area contributed by atoms with Crippen LogP contribution in [0.2, 0.25) is 5.02 Å². The molecule has 2 N–H and O–H groups in total. The molecule has 1 aliphatic rings. The molecule has 2 aromatic heterocycles. The van der Waals surface area contributed by atoms with Crippen molar-refractivity contribution >= 4 is 34.2 Å². The summed E-state index contributed by atoms with van der Waals surface area (Å²) in [6.45, 7) is 4.44. The third-order valence-electron chi connectivity index (χ3n) is 5.49. The number of aromatic nitrogens is 3. The Morgan fingerprint density at radius 1 is 1.23 bits per heavy atom. The minimum atomic E-state index is -0.271. The fraction of sp³-hybridized carbons (Fsp3) is 0.364. The molecule has 1 amide bonds. The molecule has 0 saturated carbocycles. The third-order valence-corrected chi connectivity index (χ3v) is 5.73. The second-order valence-electron chi connectivity index (χ2n) is 7.66. The van der Waals surface area contributed by atoms with Gasteiger partial charge in [0.15, 0.2) is 5.78 Å². The van der Waals surface area contributed by atoms with Crippen LogP contribution in [0.25, 0.3) is 10.9 Å². The largest absolute Gasteiger partial charge is 0.354 e. The fourth-order valence-electron chi connectivity index (χ4n) is 4.09. The van der Waals surface area contributed by atoms with Crippen LogP contribution >= 0.6 is 11.6 Å². The van der Waals surface area contributed by atoms with Crippen LogP contribution in [0.4, 0.5) is 0 Å². The molecule has 156 valence electrons. The number of hydrogen-bond donors (Lipinski definition) is 2. The SMILES string of the molecule is CCCN(Cc1nc2cc(Cl)ccc2c(=O)[nH]1)C(=O)c1[nH]c2c(c1C)C(=O)CCC2. The zero-order chi connectivity index (χ0) is 21.4. The van der Waals surface area contributed by atoms with Crippen LogP contribution in [0.3, 0.4) is 0 Å². The van der Waals surface area contributed by atoms with E-state index in [0.717, 1.165) is 25.0 Å². The maximum atomic E-state index is 13.3. The Morgan fingerprint density at radius 3 is 2.77 bits per heavy atom. The number of amides is 1. The van der Waals surface area contributed by atoms with Gasteiger partial charge in [-0.15, -0.1) is 0 Å². The topological polar surface area (TPSA) is 98.9 Å². The summed E-state index contributed by atoms with van der Waals surface area (Å²) >= 11 is 6.04. The first-order chi connectivity index (χ1) is 14.4. The Kier molecular flexibility index (Phi) is 5.47. The van der Waals surface area contributed by atoms with E-state index in [1.54, 1.807) is 23.1 Å². The summed E-state index contributed by atoms with van der Waals surface area (Å²) in [4.78, 5) is 50.2. The number of carbonyl (C=O) groups is 2. The molecule has 0 radical (unpaired) electrons. The first-order valence-electron chi connectivity index (χ1n) is 10.1.